The van der Waals surface area contributed by atoms with Crippen LogP contribution >= 0.6 is 23.4 Å². The van der Waals surface area contributed by atoms with Gasteiger partial charge in [0.1, 0.15) is 16.5 Å². The van der Waals surface area contributed by atoms with E-state index in [0.717, 1.165) is 5.75 Å². The summed E-state index contributed by atoms with van der Waals surface area (Å²) in [5.74, 6) is 1.15. The lowest BCUT2D eigenvalue weighted by molar-refractivity contribution is -0.384. The molecule has 0 aliphatic carbocycles. The highest BCUT2D eigenvalue weighted by molar-refractivity contribution is 8.14. The molecule has 0 saturated carbocycles. The van der Waals surface area contributed by atoms with Crippen LogP contribution in [0.4, 0.5) is 11.4 Å². The zero-order chi connectivity index (χ0) is 20.8. The molecule has 1 fully saturated rings. The Morgan fingerprint density at radius 2 is 2.17 bits per heavy atom. The van der Waals surface area contributed by atoms with E-state index in [1.165, 1.54) is 36.0 Å². The molecule has 2 aromatic rings. The van der Waals surface area contributed by atoms with Crippen molar-refractivity contribution < 1.29 is 14.5 Å². The summed E-state index contributed by atoms with van der Waals surface area (Å²) in [7, 11) is 0. The largest absolute Gasteiger partial charge is 0.492 e. The summed E-state index contributed by atoms with van der Waals surface area (Å²) in [6.45, 7) is 2.95. The Morgan fingerprint density at radius 3 is 2.93 bits per heavy atom. The molecule has 1 amide bonds. The van der Waals surface area contributed by atoms with Gasteiger partial charge in [-0.1, -0.05) is 41.6 Å². The average molecular weight is 432 g/mol. The van der Waals surface area contributed by atoms with E-state index in [-0.39, 0.29) is 16.6 Å². The van der Waals surface area contributed by atoms with Gasteiger partial charge in [-0.15, -0.1) is 0 Å². The van der Waals surface area contributed by atoms with Gasteiger partial charge in [-0.25, -0.2) is 4.99 Å². The molecule has 1 aliphatic rings. The molecule has 0 N–H and O–H groups in total. The number of para-hydroxylation sites is 2. The number of halogens is 1. The number of nitro groups is 1. The van der Waals surface area contributed by atoms with Crippen LogP contribution in [0.2, 0.25) is 5.02 Å². The maximum Gasteiger partial charge on any atom is 0.288 e. The lowest BCUT2D eigenvalue weighted by Gasteiger charge is -2.14. The molecule has 1 saturated heterocycles. The number of hydrogen-bond acceptors (Lipinski definition) is 6. The maximum absolute atomic E-state index is 12.7. The Balaban J connectivity index is 1.80. The van der Waals surface area contributed by atoms with Gasteiger partial charge in [-0.3, -0.25) is 19.8 Å². The van der Waals surface area contributed by atoms with Crippen molar-refractivity contribution in [3.05, 3.63) is 69.2 Å². The quantitative estimate of drug-likeness (QED) is 0.368. The third-order valence-corrected chi connectivity index (χ3v) is 5.29. The molecule has 0 atom stereocenters. The molecule has 0 spiro atoms. The molecule has 0 radical (unpaired) electrons. The molecule has 9 heteroatoms. The standard InChI is InChI=1S/C20H18ClN3O4S/c1-2-28-18-6-4-3-5-16(18)22-20-23(11-12-29-20)19(25)10-8-14-7-9-15(21)17(13-14)24(26)27/h3-10,13H,2,11-12H2,1H3. The molecule has 3 rings (SSSR count). The predicted molar refractivity (Wildman–Crippen MR) is 116 cm³/mol. The van der Waals surface area contributed by atoms with Gasteiger partial charge in [0.15, 0.2) is 5.17 Å². The number of carbonyl (C=O) groups is 1. The monoisotopic (exact) mass is 431 g/mol. The van der Waals surface area contributed by atoms with Crippen LogP contribution in [0.25, 0.3) is 6.08 Å². The molecular weight excluding hydrogens is 414 g/mol. The van der Waals surface area contributed by atoms with E-state index in [1.807, 2.05) is 31.2 Å². The minimum Gasteiger partial charge on any atom is -0.492 e. The summed E-state index contributed by atoms with van der Waals surface area (Å²) in [4.78, 5) is 29.3. The van der Waals surface area contributed by atoms with Gasteiger partial charge in [-0.2, -0.15) is 0 Å². The average Bonchev–Trinajstić information content (AvgIpc) is 3.17. The summed E-state index contributed by atoms with van der Waals surface area (Å²) >= 11 is 7.31. The van der Waals surface area contributed by atoms with Crippen molar-refractivity contribution in [2.75, 3.05) is 18.9 Å². The Labute approximate surface area is 177 Å². The number of amides is 1. The van der Waals surface area contributed by atoms with Gasteiger partial charge >= 0.3 is 0 Å². The molecule has 0 bridgehead atoms. The first-order chi connectivity index (χ1) is 14.0. The van der Waals surface area contributed by atoms with E-state index in [9.17, 15) is 14.9 Å². The Bertz CT molecular complexity index is 993. The first kappa shape index (κ1) is 20.9. The SMILES string of the molecule is CCOc1ccccc1N=C1SCCN1C(=O)C=Cc1ccc(Cl)c([N+](=O)[O-])c1. The zero-order valence-corrected chi connectivity index (χ0v) is 17.2. The van der Waals surface area contributed by atoms with E-state index in [4.69, 9.17) is 16.3 Å². The second kappa shape index (κ2) is 9.58. The van der Waals surface area contributed by atoms with Crippen LogP contribution < -0.4 is 4.74 Å². The van der Waals surface area contributed by atoms with E-state index < -0.39 is 4.92 Å². The number of benzene rings is 2. The fraction of sp³-hybridized carbons (Fsp3) is 0.200. The molecule has 2 aromatic carbocycles. The third-order valence-electron chi connectivity index (χ3n) is 4.01. The smallest absolute Gasteiger partial charge is 0.288 e. The Hall–Kier alpha value is -2.84. The minimum absolute atomic E-state index is 0.0526. The molecule has 1 aliphatic heterocycles. The van der Waals surface area contributed by atoms with Gasteiger partial charge < -0.3 is 4.74 Å². The van der Waals surface area contributed by atoms with Crippen molar-refractivity contribution in [1.82, 2.24) is 4.90 Å². The van der Waals surface area contributed by atoms with Crippen LogP contribution in [0.1, 0.15) is 12.5 Å². The number of thioether (sulfide) groups is 1. The van der Waals surface area contributed by atoms with Gasteiger partial charge in [0.2, 0.25) is 0 Å². The summed E-state index contributed by atoms with van der Waals surface area (Å²) in [5, 5.41) is 11.6. The molecule has 0 aromatic heterocycles. The van der Waals surface area contributed by atoms with E-state index in [2.05, 4.69) is 4.99 Å². The lowest BCUT2D eigenvalue weighted by Crippen LogP contribution is -2.30. The van der Waals surface area contributed by atoms with Crippen LogP contribution in [0.3, 0.4) is 0 Å². The fourth-order valence-electron chi connectivity index (χ4n) is 2.66. The van der Waals surface area contributed by atoms with Crippen molar-refractivity contribution in [3.8, 4) is 5.75 Å². The number of nitro benzene ring substituents is 1. The van der Waals surface area contributed by atoms with Crippen LogP contribution in [-0.2, 0) is 4.79 Å². The topological polar surface area (TPSA) is 85.0 Å². The van der Waals surface area contributed by atoms with Gasteiger partial charge in [0, 0.05) is 24.4 Å². The summed E-state index contributed by atoms with van der Waals surface area (Å²) in [5.41, 5.74) is 0.975. The van der Waals surface area contributed by atoms with Crippen molar-refractivity contribution >= 4 is 51.9 Å². The van der Waals surface area contributed by atoms with Crippen LogP contribution in [-0.4, -0.2) is 39.8 Å². The van der Waals surface area contributed by atoms with Gasteiger partial charge in [0.05, 0.1) is 11.5 Å². The zero-order valence-electron chi connectivity index (χ0n) is 15.6. The molecule has 0 unspecified atom stereocenters. The number of aliphatic imine (C=N–C) groups is 1. The Morgan fingerprint density at radius 1 is 1.38 bits per heavy atom. The highest BCUT2D eigenvalue weighted by Gasteiger charge is 2.24. The number of nitrogens with zero attached hydrogens (tertiary/aromatic N) is 3. The summed E-state index contributed by atoms with van der Waals surface area (Å²) < 4.78 is 5.59. The number of amidine groups is 1. The highest BCUT2D eigenvalue weighted by atomic mass is 35.5. The molecule has 7 nitrogen and oxygen atoms in total. The second-order valence-electron chi connectivity index (χ2n) is 5.93. The molecular formula is C20H18ClN3O4S. The van der Waals surface area contributed by atoms with Gasteiger partial charge in [-0.05, 0) is 36.8 Å². The van der Waals surface area contributed by atoms with Crippen molar-refractivity contribution in [3.63, 3.8) is 0 Å². The van der Waals surface area contributed by atoms with Crippen molar-refractivity contribution in [1.29, 1.82) is 0 Å². The first-order valence-corrected chi connectivity index (χ1v) is 10.2. The third kappa shape index (κ3) is 5.16. The number of ether oxygens (including phenoxy) is 1. The molecule has 150 valence electrons. The number of carbonyl (C=O) groups excluding carboxylic acids is 1. The second-order valence-corrected chi connectivity index (χ2v) is 7.40. The van der Waals surface area contributed by atoms with Crippen LogP contribution in [0, 0.1) is 10.1 Å². The first-order valence-electron chi connectivity index (χ1n) is 8.86. The van der Waals surface area contributed by atoms with Gasteiger partial charge in [0.25, 0.3) is 11.6 Å². The minimum atomic E-state index is -0.556. The normalized spacial score (nSPS) is 15.2. The number of rotatable bonds is 6. The molecule has 1 heterocycles. The highest BCUT2D eigenvalue weighted by Crippen LogP contribution is 2.31. The predicted octanol–water partition coefficient (Wildman–Crippen LogP) is 4.92. The van der Waals surface area contributed by atoms with E-state index in [1.54, 1.807) is 11.0 Å². The Kier molecular flexibility index (Phi) is 6.90. The molecule has 29 heavy (non-hydrogen) atoms. The fourth-order valence-corrected chi connectivity index (χ4v) is 3.80. The number of hydrogen-bond donors (Lipinski definition) is 0. The summed E-state index contributed by atoms with van der Waals surface area (Å²) in [6, 6.07) is 11.8. The van der Waals surface area contributed by atoms with Crippen molar-refractivity contribution in [2.45, 2.75) is 6.92 Å². The summed E-state index contributed by atoms with van der Waals surface area (Å²) in [6.07, 6.45) is 2.91. The van der Waals surface area contributed by atoms with E-state index in [0.29, 0.717) is 35.3 Å². The van der Waals surface area contributed by atoms with E-state index >= 15 is 0 Å². The lowest BCUT2D eigenvalue weighted by atomic mass is 10.2. The van der Waals surface area contributed by atoms with Crippen LogP contribution in [0.5, 0.6) is 5.75 Å². The van der Waals surface area contributed by atoms with Crippen LogP contribution in [0.15, 0.2) is 53.5 Å². The maximum atomic E-state index is 12.7. The van der Waals surface area contributed by atoms with Crippen molar-refractivity contribution in [2.24, 2.45) is 4.99 Å².